The molecule has 0 saturated carbocycles. The highest BCUT2D eigenvalue weighted by atomic mass is 19.1. The lowest BCUT2D eigenvalue weighted by molar-refractivity contribution is -0.131. The number of hydrogen-bond acceptors (Lipinski definition) is 2. The van der Waals surface area contributed by atoms with Crippen LogP contribution in [-0.4, -0.2) is 17.9 Å². The Labute approximate surface area is 151 Å². The summed E-state index contributed by atoms with van der Waals surface area (Å²) in [5.41, 5.74) is 2.16. The molecule has 0 spiro atoms. The number of para-hydroxylation sites is 2. The van der Waals surface area contributed by atoms with Crippen molar-refractivity contribution in [2.75, 3.05) is 7.05 Å². The molecule has 0 aromatic heterocycles. The van der Waals surface area contributed by atoms with Gasteiger partial charge in [0.05, 0.1) is 5.92 Å². The lowest BCUT2D eigenvalue weighted by Gasteiger charge is -2.30. The minimum Gasteiger partial charge on any atom is -0.457 e. The molecule has 0 N–H and O–H groups in total. The monoisotopic (exact) mass is 347 g/mol. The van der Waals surface area contributed by atoms with Gasteiger partial charge in [0.25, 0.3) is 0 Å². The van der Waals surface area contributed by atoms with Crippen LogP contribution in [0.4, 0.5) is 4.39 Å². The Kier molecular flexibility index (Phi) is 4.17. The first-order valence-electron chi connectivity index (χ1n) is 8.49. The zero-order valence-corrected chi connectivity index (χ0v) is 14.4. The molecule has 0 fully saturated rings. The molecule has 0 saturated heterocycles. The lowest BCUT2D eigenvalue weighted by Crippen LogP contribution is -2.33. The van der Waals surface area contributed by atoms with Crippen molar-refractivity contribution in [3.05, 3.63) is 95.3 Å². The molecule has 130 valence electrons. The summed E-state index contributed by atoms with van der Waals surface area (Å²) in [5, 5.41) is 0. The van der Waals surface area contributed by atoms with E-state index in [-0.39, 0.29) is 18.3 Å². The Morgan fingerprint density at radius 3 is 2.08 bits per heavy atom. The third-order valence-corrected chi connectivity index (χ3v) is 4.67. The maximum absolute atomic E-state index is 14.0. The van der Waals surface area contributed by atoms with Gasteiger partial charge in [-0.3, -0.25) is 4.79 Å². The van der Waals surface area contributed by atoms with Gasteiger partial charge in [0.15, 0.2) is 0 Å². The molecule has 3 aromatic rings. The molecule has 4 rings (SSSR count). The molecular weight excluding hydrogens is 329 g/mol. The largest absolute Gasteiger partial charge is 0.457 e. The molecule has 26 heavy (non-hydrogen) atoms. The first kappa shape index (κ1) is 16.3. The highest BCUT2D eigenvalue weighted by Crippen LogP contribution is 2.44. The lowest BCUT2D eigenvalue weighted by atomic mass is 9.87. The van der Waals surface area contributed by atoms with Crippen LogP contribution < -0.4 is 4.74 Å². The third-order valence-electron chi connectivity index (χ3n) is 4.67. The average Bonchev–Trinajstić information content (AvgIpc) is 2.67. The van der Waals surface area contributed by atoms with E-state index in [1.54, 1.807) is 30.1 Å². The summed E-state index contributed by atoms with van der Waals surface area (Å²) in [5.74, 6) is 0.511. The molecule has 3 nitrogen and oxygen atoms in total. The van der Waals surface area contributed by atoms with Crippen LogP contribution in [0, 0.1) is 5.82 Å². The Balaban J connectivity index is 1.70. The van der Waals surface area contributed by atoms with E-state index < -0.39 is 5.92 Å². The summed E-state index contributed by atoms with van der Waals surface area (Å²) in [6.07, 6.45) is 0. The van der Waals surface area contributed by atoms with Crippen molar-refractivity contribution >= 4 is 5.91 Å². The fourth-order valence-corrected chi connectivity index (χ4v) is 3.36. The van der Waals surface area contributed by atoms with Gasteiger partial charge in [0.2, 0.25) is 5.91 Å². The van der Waals surface area contributed by atoms with Crippen molar-refractivity contribution in [2.45, 2.75) is 12.5 Å². The zero-order chi connectivity index (χ0) is 18.1. The summed E-state index contributed by atoms with van der Waals surface area (Å²) < 4.78 is 19.9. The molecule has 1 heterocycles. The number of fused-ring (bicyclic) bond motifs is 2. The predicted molar refractivity (Wildman–Crippen MR) is 97.7 cm³/mol. The van der Waals surface area contributed by atoms with Crippen molar-refractivity contribution in [1.29, 1.82) is 0 Å². The Bertz CT molecular complexity index is 924. The van der Waals surface area contributed by atoms with E-state index in [0.717, 1.165) is 11.1 Å². The van der Waals surface area contributed by atoms with Crippen LogP contribution in [0.5, 0.6) is 11.5 Å². The van der Waals surface area contributed by atoms with Crippen LogP contribution in [0.3, 0.4) is 0 Å². The number of amides is 1. The highest BCUT2D eigenvalue weighted by molar-refractivity contribution is 5.89. The van der Waals surface area contributed by atoms with Crippen LogP contribution in [0.25, 0.3) is 0 Å². The second-order valence-corrected chi connectivity index (χ2v) is 6.40. The van der Waals surface area contributed by atoms with Crippen molar-refractivity contribution in [2.24, 2.45) is 0 Å². The van der Waals surface area contributed by atoms with E-state index in [1.165, 1.54) is 6.07 Å². The number of halogens is 1. The minimum atomic E-state index is -0.465. The molecule has 3 aromatic carbocycles. The summed E-state index contributed by atoms with van der Waals surface area (Å²) in [7, 11) is 1.70. The third kappa shape index (κ3) is 2.84. The number of carbonyl (C=O) groups is 1. The van der Waals surface area contributed by atoms with Crippen LogP contribution >= 0.6 is 0 Å². The number of carbonyl (C=O) groups excluding carboxylic acids is 1. The molecule has 0 bridgehead atoms. The number of ether oxygens (including phenoxy) is 1. The quantitative estimate of drug-likeness (QED) is 0.686. The van der Waals surface area contributed by atoms with Gasteiger partial charge >= 0.3 is 0 Å². The van der Waals surface area contributed by atoms with Gasteiger partial charge in [-0.15, -0.1) is 0 Å². The Hall–Kier alpha value is -3.14. The SMILES string of the molecule is CN(Cc1ccccc1F)C(=O)C1c2ccccc2Oc2ccccc21. The minimum absolute atomic E-state index is 0.0866. The predicted octanol–water partition coefficient (Wildman–Crippen LogP) is 4.72. The Morgan fingerprint density at radius 1 is 0.923 bits per heavy atom. The van der Waals surface area contributed by atoms with Gasteiger partial charge in [0, 0.05) is 30.3 Å². The number of benzene rings is 3. The van der Waals surface area contributed by atoms with E-state index in [4.69, 9.17) is 4.74 Å². The van der Waals surface area contributed by atoms with Gasteiger partial charge < -0.3 is 9.64 Å². The molecule has 0 unspecified atom stereocenters. The van der Waals surface area contributed by atoms with Crippen LogP contribution in [0.15, 0.2) is 72.8 Å². The number of nitrogens with zero attached hydrogens (tertiary/aromatic N) is 1. The summed E-state index contributed by atoms with van der Waals surface area (Å²) in [6.45, 7) is 0.215. The van der Waals surface area contributed by atoms with Gasteiger partial charge in [-0.2, -0.15) is 0 Å². The van der Waals surface area contributed by atoms with E-state index >= 15 is 0 Å². The first-order valence-corrected chi connectivity index (χ1v) is 8.49. The number of likely N-dealkylation sites (N-methyl/N-ethyl adjacent to an activating group) is 1. The second-order valence-electron chi connectivity index (χ2n) is 6.40. The van der Waals surface area contributed by atoms with Crippen molar-refractivity contribution in [3.63, 3.8) is 0 Å². The van der Waals surface area contributed by atoms with Crippen molar-refractivity contribution in [1.82, 2.24) is 4.90 Å². The molecule has 1 aliphatic rings. The van der Waals surface area contributed by atoms with Crippen LogP contribution in [0.2, 0.25) is 0 Å². The average molecular weight is 347 g/mol. The van der Waals surface area contributed by atoms with Gasteiger partial charge in [0.1, 0.15) is 17.3 Å². The van der Waals surface area contributed by atoms with Crippen LogP contribution in [-0.2, 0) is 11.3 Å². The number of hydrogen-bond donors (Lipinski definition) is 0. The van der Waals surface area contributed by atoms with Gasteiger partial charge in [-0.05, 0) is 18.2 Å². The zero-order valence-electron chi connectivity index (χ0n) is 14.4. The van der Waals surface area contributed by atoms with E-state index in [1.807, 2.05) is 48.5 Å². The van der Waals surface area contributed by atoms with Gasteiger partial charge in [-0.1, -0.05) is 54.6 Å². The number of rotatable bonds is 3. The summed E-state index contributed by atoms with van der Waals surface area (Å²) in [6, 6.07) is 21.6. The maximum Gasteiger partial charge on any atom is 0.234 e. The molecule has 1 aliphatic heterocycles. The summed E-state index contributed by atoms with van der Waals surface area (Å²) >= 11 is 0. The van der Waals surface area contributed by atoms with Gasteiger partial charge in [-0.25, -0.2) is 4.39 Å². The van der Waals surface area contributed by atoms with Crippen LogP contribution in [0.1, 0.15) is 22.6 Å². The van der Waals surface area contributed by atoms with E-state index in [2.05, 4.69) is 0 Å². The summed E-state index contributed by atoms with van der Waals surface area (Å²) in [4.78, 5) is 14.9. The van der Waals surface area contributed by atoms with E-state index in [9.17, 15) is 9.18 Å². The molecule has 1 amide bonds. The smallest absolute Gasteiger partial charge is 0.234 e. The Morgan fingerprint density at radius 2 is 1.46 bits per heavy atom. The normalized spacial score (nSPS) is 12.7. The van der Waals surface area contributed by atoms with E-state index in [0.29, 0.717) is 17.1 Å². The fraction of sp³-hybridized carbons (Fsp3) is 0.136. The highest BCUT2D eigenvalue weighted by Gasteiger charge is 2.34. The molecule has 0 aliphatic carbocycles. The standard InChI is InChI=1S/C22H18FNO2/c1-24(14-15-8-2-5-11-18(15)23)22(25)21-16-9-3-6-12-19(16)26-20-13-7-4-10-17(20)21/h2-13,21H,14H2,1H3. The second kappa shape index (κ2) is 6.64. The maximum atomic E-state index is 14.0. The molecule has 0 atom stereocenters. The van der Waals surface area contributed by atoms with Crippen molar-refractivity contribution < 1.29 is 13.9 Å². The topological polar surface area (TPSA) is 29.5 Å². The van der Waals surface area contributed by atoms with Crippen molar-refractivity contribution in [3.8, 4) is 11.5 Å². The first-order chi connectivity index (χ1) is 12.6. The fourth-order valence-electron chi connectivity index (χ4n) is 3.36. The molecular formula is C22H18FNO2. The molecule has 4 heteroatoms. The molecule has 0 radical (unpaired) electrons.